The van der Waals surface area contributed by atoms with Gasteiger partial charge in [-0.3, -0.25) is 0 Å². The van der Waals surface area contributed by atoms with E-state index in [4.69, 9.17) is 4.74 Å². The molecule has 0 heterocycles. The molecule has 1 N–H and O–H groups in total. The van der Waals surface area contributed by atoms with Crippen molar-refractivity contribution in [1.29, 1.82) is 0 Å². The molecule has 0 bridgehead atoms. The fraction of sp³-hybridized carbons (Fsp3) is 1.00. The molecule has 104 valence electrons. The first-order valence-corrected chi connectivity index (χ1v) is 6.85. The van der Waals surface area contributed by atoms with E-state index in [-0.39, 0.29) is 5.60 Å². The lowest BCUT2D eigenvalue weighted by molar-refractivity contribution is 0.0109. The summed E-state index contributed by atoms with van der Waals surface area (Å²) in [5.74, 6) is 0.727. The molecule has 2 nitrogen and oxygen atoms in total. The molecule has 0 spiro atoms. The van der Waals surface area contributed by atoms with E-state index in [0.29, 0.717) is 11.5 Å². The van der Waals surface area contributed by atoms with Crippen molar-refractivity contribution in [3.63, 3.8) is 0 Å². The van der Waals surface area contributed by atoms with Gasteiger partial charge in [-0.2, -0.15) is 0 Å². The number of methoxy groups -OCH3 is 1. The molecule has 0 radical (unpaired) electrons. The summed E-state index contributed by atoms with van der Waals surface area (Å²) in [6.45, 7) is 13.6. The predicted molar refractivity (Wildman–Crippen MR) is 76.4 cm³/mol. The van der Waals surface area contributed by atoms with E-state index in [9.17, 15) is 0 Å². The van der Waals surface area contributed by atoms with Crippen LogP contribution in [0.3, 0.4) is 0 Å². The Morgan fingerprint density at radius 1 is 1.12 bits per heavy atom. The lowest BCUT2D eigenvalue weighted by atomic mass is 9.77. The fourth-order valence-corrected chi connectivity index (χ4v) is 1.78. The first kappa shape index (κ1) is 16.9. The van der Waals surface area contributed by atoms with Crippen molar-refractivity contribution in [2.24, 2.45) is 11.3 Å². The van der Waals surface area contributed by atoms with Crippen LogP contribution < -0.4 is 5.32 Å². The lowest BCUT2D eigenvalue weighted by Crippen LogP contribution is -2.34. The summed E-state index contributed by atoms with van der Waals surface area (Å²) in [4.78, 5) is 0. The minimum Gasteiger partial charge on any atom is -0.379 e. The highest BCUT2D eigenvalue weighted by atomic mass is 16.5. The number of hydrogen-bond donors (Lipinski definition) is 1. The highest BCUT2D eigenvalue weighted by Crippen LogP contribution is 2.30. The molecule has 2 heteroatoms. The third-order valence-corrected chi connectivity index (χ3v) is 4.17. The number of nitrogens with one attached hydrogen (secondary N) is 1. The molecule has 0 aromatic carbocycles. The molecule has 2 atom stereocenters. The number of hydrogen-bond acceptors (Lipinski definition) is 2. The topological polar surface area (TPSA) is 21.3 Å². The Hall–Kier alpha value is -0.0800. The van der Waals surface area contributed by atoms with E-state index in [0.717, 1.165) is 12.3 Å². The molecule has 0 amide bonds. The average molecular weight is 243 g/mol. The Kier molecular flexibility index (Phi) is 6.71. The van der Waals surface area contributed by atoms with Crippen molar-refractivity contribution in [2.45, 2.75) is 72.4 Å². The number of ether oxygens (including phenoxy) is 1. The average Bonchev–Trinajstić information content (AvgIpc) is 2.22. The summed E-state index contributed by atoms with van der Waals surface area (Å²) >= 11 is 0. The van der Waals surface area contributed by atoms with Crippen molar-refractivity contribution in [3.05, 3.63) is 0 Å². The summed E-state index contributed by atoms with van der Waals surface area (Å²) in [7, 11) is 3.87. The lowest BCUT2D eigenvalue weighted by Gasteiger charge is -2.32. The number of rotatable bonds is 7. The van der Waals surface area contributed by atoms with Gasteiger partial charge in [0.1, 0.15) is 0 Å². The van der Waals surface area contributed by atoms with Crippen LogP contribution in [0.15, 0.2) is 0 Å². The normalized spacial score (nSPS) is 16.9. The van der Waals surface area contributed by atoms with Crippen LogP contribution in [0.4, 0.5) is 0 Å². The minimum atomic E-state index is 0.0000700. The van der Waals surface area contributed by atoms with Crippen LogP contribution in [0.5, 0.6) is 0 Å². The standard InChI is InChI=1S/C15H33NO/c1-12(14(2,3)4)11-13(16-7)9-10-15(5,6)17-8/h12-13,16H,9-11H2,1-8H3. The third-order valence-electron chi connectivity index (χ3n) is 4.17. The second-order valence-corrected chi connectivity index (χ2v) is 6.99. The fourth-order valence-electron chi connectivity index (χ4n) is 1.78. The largest absolute Gasteiger partial charge is 0.379 e. The van der Waals surface area contributed by atoms with E-state index < -0.39 is 0 Å². The molecule has 2 unspecified atom stereocenters. The van der Waals surface area contributed by atoms with E-state index >= 15 is 0 Å². The molecule has 0 saturated carbocycles. The van der Waals surface area contributed by atoms with Gasteiger partial charge in [0.15, 0.2) is 0 Å². The van der Waals surface area contributed by atoms with E-state index in [1.165, 1.54) is 12.8 Å². The molecule has 0 rings (SSSR count). The Bertz CT molecular complexity index is 205. The van der Waals surface area contributed by atoms with Gasteiger partial charge in [-0.1, -0.05) is 27.7 Å². The van der Waals surface area contributed by atoms with Crippen LogP contribution in [0.1, 0.15) is 60.8 Å². The van der Waals surface area contributed by atoms with Crippen molar-refractivity contribution < 1.29 is 4.74 Å². The van der Waals surface area contributed by atoms with Gasteiger partial charge in [0.2, 0.25) is 0 Å². The van der Waals surface area contributed by atoms with Crippen LogP contribution in [-0.4, -0.2) is 25.8 Å². The molecule has 17 heavy (non-hydrogen) atoms. The Morgan fingerprint density at radius 2 is 1.65 bits per heavy atom. The van der Waals surface area contributed by atoms with Gasteiger partial charge in [0.25, 0.3) is 0 Å². The molecule has 0 aliphatic carbocycles. The van der Waals surface area contributed by atoms with Crippen molar-refractivity contribution in [2.75, 3.05) is 14.2 Å². The van der Waals surface area contributed by atoms with Gasteiger partial charge in [-0.25, -0.2) is 0 Å². The van der Waals surface area contributed by atoms with Crippen LogP contribution in [0.2, 0.25) is 0 Å². The van der Waals surface area contributed by atoms with Gasteiger partial charge in [0.05, 0.1) is 5.60 Å². The zero-order valence-electron chi connectivity index (χ0n) is 13.2. The molecule has 0 aromatic rings. The minimum absolute atomic E-state index is 0.0000700. The van der Waals surface area contributed by atoms with Crippen LogP contribution in [0.25, 0.3) is 0 Å². The van der Waals surface area contributed by atoms with Crippen molar-refractivity contribution in [3.8, 4) is 0 Å². The Balaban J connectivity index is 4.18. The highest BCUT2D eigenvalue weighted by Gasteiger charge is 2.24. The van der Waals surface area contributed by atoms with Gasteiger partial charge in [-0.15, -0.1) is 0 Å². The second kappa shape index (κ2) is 6.75. The summed E-state index contributed by atoms with van der Waals surface area (Å²) < 4.78 is 5.48. The molecular formula is C15H33NO. The zero-order chi connectivity index (χ0) is 13.7. The summed E-state index contributed by atoms with van der Waals surface area (Å²) in [6, 6.07) is 0.596. The summed E-state index contributed by atoms with van der Waals surface area (Å²) in [6.07, 6.45) is 3.52. The summed E-state index contributed by atoms with van der Waals surface area (Å²) in [5, 5.41) is 3.45. The van der Waals surface area contributed by atoms with Gasteiger partial charge < -0.3 is 10.1 Å². The quantitative estimate of drug-likeness (QED) is 0.733. The highest BCUT2D eigenvalue weighted by molar-refractivity contribution is 4.79. The molecule has 0 aliphatic rings. The van der Waals surface area contributed by atoms with Gasteiger partial charge in [-0.05, 0) is 51.5 Å². The second-order valence-electron chi connectivity index (χ2n) is 6.99. The maximum Gasteiger partial charge on any atom is 0.0623 e. The van der Waals surface area contributed by atoms with Crippen LogP contribution in [-0.2, 0) is 4.74 Å². The van der Waals surface area contributed by atoms with Gasteiger partial charge in [0, 0.05) is 13.2 Å². The van der Waals surface area contributed by atoms with Crippen molar-refractivity contribution >= 4 is 0 Å². The smallest absolute Gasteiger partial charge is 0.0623 e. The van der Waals surface area contributed by atoms with E-state index in [2.05, 4.69) is 53.9 Å². The maximum absolute atomic E-state index is 5.48. The van der Waals surface area contributed by atoms with Crippen LogP contribution in [0, 0.1) is 11.3 Å². The molecule has 0 fully saturated rings. The first-order chi connectivity index (χ1) is 7.62. The maximum atomic E-state index is 5.48. The monoisotopic (exact) mass is 243 g/mol. The van der Waals surface area contributed by atoms with E-state index in [1.807, 2.05) is 0 Å². The first-order valence-electron chi connectivity index (χ1n) is 6.85. The SMILES string of the molecule is CNC(CCC(C)(C)OC)CC(C)C(C)(C)C. The van der Waals surface area contributed by atoms with Crippen LogP contribution >= 0.6 is 0 Å². The molecular weight excluding hydrogens is 210 g/mol. The Labute approximate surface area is 109 Å². The molecule has 0 saturated heterocycles. The van der Waals surface area contributed by atoms with Crippen molar-refractivity contribution in [1.82, 2.24) is 5.32 Å². The zero-order valence-corrected chi connectivity index (χ0v) is 13.2. The van der Waals surface area contributed by atoms with Gasteiger partial charge >= 0.3 is 0 Å². The summed E-state index contributed by atoms with van der Waals surface area (Å²) in [5.41, 5.74) is 0.395. The molecule has 0 aromatic heterocycles. The Morgan fingerprint density at radius 3 is 2.00 bits per heavy atom. The molecule has 0 aliphatic heterocycles. The predicted octanol–water partition coefficient (Wildman–Crippen LogP) is 3.85. The third kappa shape index (κ3) is 7.05. The van der Waals surface area contributed by atoms with E-state index in [1.54, 1.807) is 7.11 Å².